The third kappa shape index (κ3) is 6.53. The van der Waals surface area contributed by atoms with Crippen molar-refractivity contribution in [2.24, 2.45) is 4.99 Å². The normalized spacial score (nSPS) is 15.7. The van der Waals surface area contributed by atoms with Crippen molar-refractivity contribution in [3.63, 3.8) is 0 Å². The first-order valence-electron chi connectivity index (χ1n) is 10.4. The average molecular weight is 523 g/mol. The monoisotopic (exact) mass is 523 g/mol. The van der Waals surface area contributed by atoms with Crippen LogP contribution in [0.4, 0.5) is 5.95 Å². The summed E-state index contributed by atoms with van der Waals surface area (Å²) < 4.78 is 0. The second kappa shape index (κ2) is 12.0. The summed E-state index contributed by atoms with van der Waals surface area (Å²) in [4.78, 5) is 20.5. The lowest BCUT2D eigenvalue weighted by Gasteiger charge is -2.36. The van der Waals surface area contributed by atoms with Gasteiger partial charge in [-0.2, -0.15) is 0 Å². The molecule has 8 heteroatoms. The Morgan fingerprint density at radius 1 is 1.10 bits per heavy atom. The van der Waals surface area contributed by atoms with Crippen molar-refractivity contribution < 1.29 is 0 Å². The lowest BCUT2D eigenvalue weighted by atomic mass is 10.0. The van der Waals surface area contributed by atoms with Gasteiger partial charge >= 0.3 is 0 Å². The summed E-state index contributed by atoms with van der Waals surface area (Å²) in [7, 11) is 4.23. The second-order valence-electron chi connectivity index (χ2n) is 7.61. The van der Waals surface area contributed by atoms with Crippen LogP contribution in [0.2, 0.25) is 0 Å². The third-order valence-electron chi connectivity index (χ3n) is 5.25. The Morgan fingerprint density at radius 2 is 1.73 bits per heavy atom. The fraction of sp³-hybridized carbons (Fsp3) is 0.500. The number of aromatic nitrogens is 2. The molecule has 1 atom stereocenters. The first-order valence-corrected chi connectivity index (χ1v) is 10.4. The number of rotatable bonds is 6. The number of likely N-dealkylation sites (N-methyl/N-ethyl adjacent to an activating group) is 1. The van der Waals surface area contributed by atoms with Gasteiger partial charge in [-0.05, 0) is 39.6 Å². The molecule has 1 N–H and O–H groups in total. The highest BCUT2D eigenvalue weighted by molar-refractivity contribution is 14.0. The Labute approximate surface area is 197 Å². The Bertz CT molecular complexity index is 772. The van der Waals surface area contributed by atoms with E-state index in [9.17, 15) is 0 Å². The van der Waals surface area contributed by atoms with E-state index in [1.54, 1.807) is 12.4 Å². The number of aliphatic imine (C=N–C) groups is 1. The Hall–Kier alpha value is -1.94. The minimum atomic E-state index is 0. The van der Waals surface area contributed by atoms with Crippen molar-refractivity contribution in [1.82, 2.24) is 25.1 Å². The van der Waals surface area contributed by atoms with Crippen molar-refractivity contribution in [2.75, 3.05) is 58.3 Å². The van der Waals surface area contributed by atoms with E-state index in [1.165, 1.54) is 11.1 Å². The molecule has 164 valence electrons. The van der Waals surface area contributed by atoms with Crippen molar-refractivity contribution in [3.05, 3.63) is 53.9 Å². The van der Waals surface area contributed by atoms with Crippen LogP contribution < -0.4 is 10.2 Å². The van der Waals surface area contributed by atoms with Gasteiger partial charge in [0.1, 0.15) is 0 Å². The van der Waals surface area contributed by atoms with Gasteiger partial charge in [0.05, 0.1) is 12.6 Å². The van der Waals surface area contributed by atoms with E-state index >= 15 is 0 Å². The molecule has 30 heavy (non-hydrogen) atoms. The van der Waals surface area contributed by atoms with Gasteiger partial charge in [0.15, 0.2) is 5.96 Å². The average Bonchev–Trinajstić information content (AvgIpc) is 2.75. The Kier molecular flexibility index (Phi) is 9.77. The molecule has 0 amide bonds. The van der Waals surface area contributed by atoms with E-state index in [1.807, 2.05) is 6.07 Å². The van der Waals surface area contributed by atoms with Crippen molar-refractivity contribution in [3.8, 4) is 0 Å². The summed E-state index contributed by atoms with van der Waals surface area (Å²) in [6.07, 6.45) is 3.60. The van der Waals surface area contributed by atoms with Crippen molar-refractivity contribution in [2.45, 2.75) is 19.9 Å². The van der Waals surface area contributed by atoms with Gasteiger partial charge in [-0.3, -0.25) is 4.99 Å². The summed E-state index contributed by atoms with van der Waals surface area (Å²) in [6.45, 7) is 9.41. The lowest BCUT2D eigenvalue weighted by Crippen LogP contribution is -2.53. The molecule has 0 spiro atoms. The topological polar surface area (TPSA) is 59.9 Å². The predicted octanol–water partition coefficient (Wildman–Crippen LogP) is 2.79. The molecular weight excluding hydrogens is 489 g/mol. The van der Waals surface area contributed by atoms with Crippen LogP contribution in [0.5, 0.6) is 0 Å². The van der Waals surface area contributed by atoms with Gasteiger partial charge in [0.2, 0.25) is 5.95 Å². The number of anilines is 1. The van der Waals surface area contributed by atoms with Crippen LogP contribution in [0.15, 0.2) is 47.7 Å². The molecule has 2 aromatic rings. The van der Waals surface area contributed by atoms with Gasteiger partial charge in [-0.1, -0.05) is 29.8 Å². The molecule has 1 saturated heterocycles. The van der Waals surface area contributed by atoms with Gasteiger partial charge in [-0.25, -0.2) is 9.97 Å². The minimum Gasteiger partial charge on any atom is -0.357 e. The minimum absolute atomic E-state index is 0. The summed E-state index contributed by atoms with van der Waals surface area (Å²) in [5.41, 5.74) is 2.58. The Morgan fingerprint density at radius 3 is 2.30 bits per heavy atom. The number of hydrogen-bond acceptors (Lipinski definition) is 5. The van der Waals surface area contributed by atoms with Crippen LogP contribution in [0.25, 0.3) is 0 Å². The van der Waals surface area contributed by atoms with Crippen LogP contribution in [-0.2, 0) is 0 Å². The maximum absolute atomic E-state index is 5.00. The third-order valence-corrected chi connectivity index (χ3v) is 5.25. The van der Waals surface area contributed by atoms with Crippen molar-refractivity contribution >= 4 is 35.9 Å². The van der Waals surface area contributed by atoms with Gasteiger partial charge in [0, 0.05) is 45.1 Å². The quantitative estimate of drug-likeness (QED) is 0.357. The molecule has 1 aromatic carbocycles. The fourth-order valence-corrected chi connectivity index (χ4v) is 3.53. The summed E-state index contributed by atoms with van der Waals surface area (Å²) in [6, 6.07) is 10.9. The zero-order valence-corrected chi connectivity index (χ0v) is 20.8. The van der Waals surface area contributed by atoms with E-state index in [0.717, 1.165) is 51.2 Å². The maximum Gasteiger partial charge on any atom is 0.225 e. The van der Waals surface area contributed by atoms with E-state index in [-0.39, 0.29) is 30.0 Å². The highest BCUT2D eigenvalue weighted by atomic mass is 127. The largest absolute Gasteiger partial charge is 0.357 e. The first-order chi connectivity index (χ1) is 14.1. The van der Waals surface area contributed by atoms with Crippen LogP contribution in [-0.4, -0.2) is 79.1 Å². The molecule has 2 heterocycles. The van der Waals surface area contributed by atoms with Crippen molar-refractivity contribution in [1.29, 1.82) is 0 Å². The van der Waals surface area contributed by atoms with E-state index in [0.29, 0.717) is 0 Å². The standard InChI is InChI=1S/C22H33N7.HI/c1-5-23-21(26-17-20(27(3)4)19-9-7-18(2)8-10-19)28-13-15-29(16-14-28)22-24-11-6-12-25-22;/h6-12,20H,5,13-17H2,1-4H3,(H,23,26);1H. The maximum atomic E-state index is 5.00. The van der Waals surface area contributed by atoms with E-state index in [2.05, 4.69) is 82.2 Å². The summed E-state index contributed by atoms with van der Waals surface area (Å²) in [5, 5.41) is 3.47. The smallest absolute Gasteiger partial charge is 0.225 e. The van der Waals surface area contributed by atoms with E-state index in [4.69, 9.17) is 4.99 Å². The molecule has 1 fully saturated rings. The lowest BCUT2D eigenvalue weighted by molar-refractivity contribution is 0.303. The van der Waals surface area contributed by atoms with Crippen LogP contribution in [0, 0.1) is 6.92 Å². The SMILES string of the molecule is CCNC(=NCC(c1ccc(C)cc1)N(C)C)N1CCN(c2ncccn2)CC1.I. The van der Waals surface area contributed by atoms with Crippen LogP contribution >= 0.6 is 24.0 Å². The molecule has 7 nitrogen and oxygen atoms in total. The predicted molar refractivity (Wildman–Crippen MR) is 135 cm³/mol. The van der Waals surface area contributed by atoms with Gasteiger partial charge < -0.3 is 20.0 Å². The fourth-order valence-electron chi connectivity index (χ4n) is 3.53. The molecule has 1 aromatic heterocycles. The zero-order valence-electron chi connectivity index (χ0n) is 18.5. The highest BCUT2D eigenvalue weighted by Gasteiger charge is 2.22. The number of aryl methyl sites for hydroxylation is 1. The number of hydrogen-bond donors (Lipinski definition) is 1. The highest BCUT2D eigenvalue weighted by Crippen LogP contribution is 2.19. The molecular formula is C22H34IN7. The molecule has 0 bridgehead atoms. The molecule has 1 unspecified atom stereocenters. The second-order valence-corrected chi connectivity index (χ2v) is 7.61. The van der Waals surface area contributed by atoms with Gasteiger partial charge in [0.25, 0.3) is 0 Å². The van der Waals surface area contributed by atoms with E-state index < -0.39 is 0 Å². The summed E-state index contributed by atoms with van der Waals surface area (Å²) >= 11 is 0. The summed E-state index contributed by atoms with van der Waals surface area (Å²) in [5.74, 6) is 1.79. The molecule has 3 rings (SSSR count). The molecule has 0 saturated carbocycles. The number of halogens is 1. The van der Waals surface area contributed by atoms with Gasteiger partial charge in [-0.15, -0.1) is 24.0 Å². The van der Waals surface area contributed by atoms with Crippen LogP contribution in [0.3, 0.4) is 0 Å². The first kappa shape index (κ1) is 24.3. The molecule has 1 aliphatic rings. The number of guanidine groups is 1. The number of piperazine rings is 1. The zero-order chi connectivity index (χ0) is 20.6. The number of benzene rings is 1. The Balaban J connectivity index is 0.00000320. The number of nitrogens with one attached hydrogen (secondary N) is 1. The molecule has 1 aliphatic heterocycles. The molecule has 0 aliphatic carbocycles. The number of nitrogens with zero attached hydrogens (tertiary/aromatic N) is 6. The van der Waals surface area contributed by atoms with Crippen LogP contribution in [0.1, 0.15) is 24.1 Å². The molecule has 0 radical (unpaired) electrons.